The Labute approximate surface area is 127 Å². The molecule has 2 saturated carbocycles. The van der Waals surface area contributed by atoms with E-state index in [0.29, 0.717) is 18.5 Å². The third kappa shape index (κ3) is 4.61. The van der Waals surface area contributed by atoms with Crippen LogP contribution < -0.4 is 5.32 Å². The number of hydrogen-bond donors (Lipinski definition) is 2. The van der Waals surface area contributed by atoms with E-state index in [9.17, 15) is 14.7 Å². The van der Waals surface area contributed by atoms with Crippen LogP contribution in [0.1, 0.15) is 52.4 Å². The smallest absolute Gasteiger partial charge is 0.317 e. The van der Waals surface area contributed by atoms with Crippen LogP contribution in [0.25, 0.3) is 0 Å². The second kappa shape index (κ2) is 7.14. The summed E-state index contributed by atoms with van der Waals surface area (Å²) >= 11 is 0. The average Bonchev–Trinajstić information content (AvgIpc) is 3.13. The van der Waals surface area contributed by atoms with Crippen molar-refractivity contribution >= 4 is 12.0 Å². The highest BCUT2D eigenvalue weighted by Gasteiger charge is 2.35. The number of urea groups is 1. The molecular weight excluding hydrogens is 268 g/mol. The van der Waals surface area contributed by atoms with Gasteiger partial charge in [0.1, 0.15) is 0 Å². The topological polar surface area (TPSA) is 69.6 Å². The molecule has 2 aliphatic rings. The summed E-state index contributed by atoms with van der Waals surface area (Å²) in [4.78, 5) is 25.5. The number of carbonyl (C=O) groups excluding carboxylic acids is 1. The second-order valence-corrected chi connectivity index (χ2v) is 6.93. The molecule has 0 aromatic heterocycles. The van der Waals surface area contributed by atoms with Crippen molar-refractivity contribution in [2.24, 2.45) is 17.8 Å². The van der Waals surface area contributed by atoms with Crippen molar-refractivity contribution in [3.05, 3.63) is 0 Å². The van der Waals surface area contributed by atoms with Crippen molar-refractivity contribution < 1.29 is 14.7 Å². The highest BCUT2D eigenvalue weighted by molar-refractivity contribution is 5.75. The maximum absolute atomic E-state index is 12.3. The summed E-state index contributed by atoms with van der Waals surface area (Å²) in [5.74, 6) is -0.316. The van der Waals surface area contributed by atoms with Crippen molar-refractivity contribution in [2.45, 2.75) is 58.4 Å². The fourth-order valence-corrected chi connectivity index (χ4v) is 3.16. The van der Waals surface area contributed by atoms with Gasteiger partial charge in [0.05, 0.1) is 5.92 Å². The Bertz CT molecular complexity index is 380. The van der Waals surface area contributed by atoms with Gasteiger partial charge in [-0.1, -0.05) is 20.3 Å². The third-order valence-corrected chi connectivity index (χ3v) is 4.69. The fraction of sp³-hybridized carbons (Fsp3) is 0.875. The van der Waals surface area contributed by atoms with Gasteiger partial charge in [0, 0.05) is 19.1 Å². The van der Waals surface area contributed by atoms with Crippen molar-refractivity contribution in [1.82, 2.24) is 10.2 Å². The molecule has 0 radical (unpaired) electrons. The minimum atomic E-state index is -0.717. The number of amides is 2. The number of carbonyl (C=O) groups is 2. The van der Waals surface area contributed by atoms with E-state index in [0.717, 1.165) is 45.1 Å². The zero-order valence-corrected chi connectivity index (χ0v) is 13.2. The lowest BCUT2D eigenvalue weighted by atomic mass is 9.96. The molecule has 0 aromatic rings. The van der Waals surface area contributed by atoms with Gasteiger partial charge in [-0.15, -0.1) is 0 Å². The van der Waals surface area contributed by atoms with E-state index in [-0.39, 0.29) is 17.9 Å². The minimum absolute atomic E-state index is 0.00538. The number of aliphatic carboxylic acids is 1. The van der Waals surface area contributed by atoms with Crippen LogP contribution in [0.15, 0.2) is 0 Å². The van der Waals surface area contributed by atoms with Crippen LogP contribution in [-0.4, -0.2) is 41.1 Å². The van der Waals surface area contributed by atoms with Crippen LogP contribution in [0.2, 0.25) is 0 Å². The molecule has 2 aliphatic carbocycles. The quantitative estimate of drug-likeness (QED) is 0.759. The van der Waals surface area contributed by atoms with Crippen LogP contribution in [0.3, 0.4) is 0 Å². The zero-order valence-electron chi connectivity index (χ0n) is 13.2. The van der Waals surface area contributed by atoms with Gasteiger partial charge in [-0.05, 0) is 43.9 Å². The van der Waals surface area contributed by atoms with Crippen molar-refractivity contribution in [1.29, 1.82) is 0 Å². The van der Waals surface area contributed by atoms with Crippen molar-refractivity contribution in [3.63, 3.8) is 0 Å². The van der Waals surface area contributed by atoms with Gasteiger partial charge in [-0.25, -0.2) is 4.79 Å². The summed E-state index contributed by atoms with van der Waals surface area (Å²) in [6.45, 7) is 5.64. The van der Waals surface area contributed by atoms with Crippen LogP contribution in [0, 0.1) is 17.8 Å². The minimum Gasteiger partial charge on any atom is -0.481 e. The Morgan fingerprint density at radius 1 is 1.24 bits per heavy atom. The highest BCUT2D eigenvalue weighted by Crippen LogP contribution is 2.32. The SMILES string of the molecule is CC(C)CCN(C(=O)NCC1CCCC1C(=O)O)C1CC1. The van der Waals surface area contributed by atoms with Gasteiger partial charge >= 0.3 is 12.0 Å². The van der Waals surface area contributed by atoms with Gasteiger partial charge in [-0.2, -0.15) is 0 Å². The first-order valence-corrected chi connectivity index (χ1v) is 8.26. The lowest BCUT2D eigenvalue weighted by Gasteiger charge is -2.25. The van der Waals surface area contributed by atoms with E-state index >= 15 is 0 Å². The average molecular weight is 296 g/mol. The molecule has 2 atom stereocenters. The standard InChI is InChI=1S/C16H28N2O3/c1-11(2)8-9-18(13-6-7-13)16(21)17-10-12-4-3-5-14(12)15(19)20/h11-14H,3-10H2,1-2H3,(H,17,21)(H,19,20). The number of nitrogens with one attached hydrogen (secondary N) is 1. The summed E-state index contributed by atoms with van der Waals surface area (Å²) in [7, 11) is 0. The normalized spacial score (nSPS) is 25.1. The fourth-order valence-electron chi connectivity index (χ4n) is 3.16. The van der Waals surface area contributed by atoms with Gasteiger partial charge in [0.25, 0.3) is 0 Å². The van der Waals surface area contributed by atoms with Gasteiger partial charge in [0.2, 0.25) is 0 Å². The molecule has 2 rings (SSSR count). The molecular formula is C16H28N2O3. The molecule has 2 amide bonds. The van der Waals surface area contributed by atoms with Crippen molar-refractivity contribution in [2.75, 3.05) is 13.1 Å². The molecule has 0 spiro atoms. The van der Waals surface area contributed by atoms with Gasteiger partial charge in [0.15, 0.2) is 0 Å². The molecule has 5 heteroatoms. The summed E-state index contributed by atoms with van der Waals surface area (Å²) in [5.41, 5.74) is 0. The monoisotopic (exact) mass is 296 g/mol. The van der Waals surface area contributed by atoms with Crippen LogP contribution in [0.5, 0.6) is 0 Å². The molecule has 2 fully saturated rings. The third-order valence-electron chi connectivity index (χ3n) is 4.69. The Morgan fingerprint density at radius 2 is 1.95 bits per heavy atom. The lowest BCUT2D eigenvalue weighted by molar-refractivity contribution is -0.142. The van der Waals surface area contributed by atoms with E-state index in [4.69, 9.17) is 0 Å². The van der Waals surface area contributed by atoms with E-state index in [1.165, 1.54) is 0 Å². The zero-order chi connectivity index (χ0) is 15.4. The first kappa shape index (κ1) is 16.1. The van der Waals surface area contributed by atoms with Gasteiger partial charge < -0.3 is 15.3 Å². The number of rotatable bonds is 7. The number of carboxylic acids is 1. The highest BCUT2D eigenvalue weighted by atomic mass is 16.4. The second-order valence-electron chi connectivity index (χ2n) is 6.93. The molecule has 2 N–H and O–H groups in total. The van der Waals surface area contributed by atoms with Crippen LogP contribution in [0.4, 0.5) is 4.79 Å². The first-order valence-electron chi connectivity index (χ1n) is 8.26. The Balaban J connectivity index is 1.80. The maximum atomic E-state index is 12.3. The van der Waals surface area contributed by atoms with E-state index in [2.05, 4.69) is 19.2 Å². The van der Waals surface area contributed by atoms with E-state index in [1.807, 2.05) is 4.90 Å². The molecule has 0 aliphatic heterocycles. The van der Waals surface area contributed by atoms with Gasteiger partial charge in [-0.3, -0.25) is 4.79 Å². The van der Waals surface area contributed by atoms with Crippen molar-refractivity contribution in [3.8, 4) is 0 Å². The molecule has 5 nitrogen and oxygen atoms in total. The molecule has 0 bridgehead atoms. The van der Waals surface area contributed by atoms with Crippen LogP contribution in [-0.2, 0) is 4.79 Å². The molecule has 0 heterocycles. The Kier molecular flexibility index (Phi) is 5.48. The Morgan fingerprint density at radius 3 is 2.52 bits per heavy atom. The lowest BCUT2D eigenvalue weighted by Crippen LogP contribution is -2.44. The number of nitrogens with zero attached hydrogens (tertiary/aromatic N) is 1. The summed E-state index contributed by atoms with van der Waals surface area (Å²) in [6, 6.07) is 0.400. The molecule has 0 saturated heterocycles. The number of hydrogen-bond acceptors (Lipinski definition) is 2. The largest absolute Gasteiger partial charge is 0.481 e. The molecule has 21 heavy (non-hydrogen) atoms. The van der Waals surface area contributed by atoms with E-state index in [1.54, 1.807) is 0 Å². The summed E-state index contributed by atoms with van der Waals surface area (Å²) < 4.78 is 0. The molecule has 2 unspecified atom stereocenters. The predicted molar refractivity (Wildman–Crippen MR) is 81.0 cm³/mol. The molecule has 120 valence electrons. The van der Waals surface area contributed by atoms with E-state index < -0.39 is 5.97 Å². The predicted octanol–water partition coefficient (Wildman–Crippen LogP) is 2.71. The summed E-state index contributed by atoms with van der Waals surface area (Å²) in [6.07, 6.45) is 5.84. The summed E-state index contributed by atoms with van der Waals surface area (Å²) in [5, 5.41) is 12.2. The number of carboxylic acid groups (broad SMARTS) is 1. The first-order chi connectivity index (χ1) is 9.99. The van der Waals surface area contributed by atoms with Crippen LogP contribution >= 0.6 is 0 Å². The maximum Gasteiger partial charge on any atom is 0.317 e. The Hall–Kier alpha value is -1.26. The molecule has 0 aromatic carbocycles.